The molecule has 0 radical (unpaired) electrons. The van der Waals surface area contributed by atoms with E-state index in [0.717, 1.165) is 5.69 Å². The average molecular weight is 232 g/mol. The fraction of sp³-hybridized carbons (Fsp3) is 0.200. The van der Waals surface area contributed by atoms with Crippen LogP contribution in [0.15, 0.2) is 39.1 Å². The minimum Gasteiger partial charge on any atom is -0.378 e. The molecule has 0 bridgehead atoms. The maximum atomic E-state index is 5.44. The Bertz CT molecular complexity index is 516. The van der Waals surface area contributed by atoms with Crippen LogP contribution in [0.4, 0.5) is 23.0 Å². The predicted octanol–water partition coefficient (Wildman–Crippen LogP) is 2.13. The van der Waals surface area contributed by atoms with Crippen molar-refractivity contribution >= 4 is 23.0 Å². The highest BCUT2D eigenvalue weighted by Gasteiger charge is 2.03. The van der Waals surface area contributed by atoms with E-state index in [1.165, 1.54) is 0 Å². The van der Waals surface area contributed by atoms with E-state index in [9.17, 15) is 0 Å². The van der Waals surface area contributed by atoms with Crippen LogP contribution in [0.25, 0.3) is 0 Å². The first-order valence-electron chi connectivity index (χ1n) is 4.94. The van der Waals surface area contributed by atoms with E-state index in [1.54, 1.807) is 0 Å². The molecule has 0 fully saturated rings. The molecule has 0 atom stereocenters. The molecule has 7 nitrogen and oxygen atoms in total. The van der Waals surface area contributed by atoms with Crippen molar-refractivity contribution in [2.45, 2.75) is 0 Å². The van der Waals surface area contributed by atoms with Crippen LogP contribution >= 0.6 is 0 Å². The Hall–Kier alpha value is -2.44. The van der Waals surface area contributed by atoms with Crippen LogP contribution in [-0.2, 0) is 0 Å². The van der Waals surface area contributed by atoms with Crippen molar-refractivity contribution in [2.24, 2.45) is 10.2 Å². The predicted molar refractivity (Wildman–Crippen MR) is 63.7 cm³/mol. The number of anilines is 2. The van der Waals surface area contributed by atoms with Gasteiger partial charge in [-0.05, 0) is 34.6 Å². The second-order valence-corrected chi connectivity index (χ2v) is 3.58. The third-order valence-corrected chi connectivity index (χ3v) is 2.12. The van der Waals surface area contributed by atoms with E-state index in [0.29, 0.717) is 5.69 Å². The molecule has 7 heteroatoms. The Morgan fingerprint density at radius 2 is 1.82 bits per heavy atom. The van der Waals surface area contributed by atoms with Crippen LogP contribution < -0.4 is 10.6 Å². The maximum Gasteiger partial charge on any atom is 0.261 e. The van der Waals surface area contributed by atoms with Gasteiger partial charge in [-0.1, -0.05) is 0 Å². The lowest BCUT2D eigenvalue weighted by atomic mass is 10.3. The van der Waals surface area contributed by atoms with Crippen LogP contribution in [0.1, 0.15) is 0 Å². The lowest BCUT2D eigenvalue weighted by Crippen LogP contribution is -2.07. The smallest absolute Gasteiger partial charge is 0.261 e. The first kappa shape index (κ1) is 11.1. The van der Waals surface area contributed by atoms with Gasteiger partial charge in [-0.15, -0.1) is 10.2 Å². The summed E-state index contributed by atoms with van der Waals surface area (Å²) in [6, 6.07) is 7.59. The highest BCUT2D eigenvalue weighted by molar-refractivity contribution is 5.52. The molecule has 2 aromatic rings. The van der Waals surface area contributed by atoms with E-state index >= 15 is 0 Å². The lowest BCUT2D eigenvalue weighted by Gasteiger charge is -2.11. The molecule has 0 unspecified atom stereocenters. The molecule has 0 aliphatic rings. The first-order valence-corrected chi connectivity index (χ1v) is 4.94. The van der Waals surface area contributed by atoms with Crippen LogP contribution in [0, 0.1) is 0 Å². The second kappa shape index (κ2) is 4.60. The standard InChI is InChI=1S/C10H12N6O/c1-16(2)8-5-3-7(4-6-8)12-13-10-9(11)14-17-15-10/h3-6H,1-2H3,(H2,11,14). The van der Waals surface area contributed by atoms with Gasteiger partial charge in [-0.2, -0.15) is 0 Å². The molecule has 1 heterocycles. The zero-order chi connectivity index (χ0) is 12.3. The third kappa shape index (κ3) is 2.57. The molecule has 0 aliphatic carbocycles. The van der Waals surface area contributed by atoms with Gasteiger partial charge in [-0.3, -0.25) is 0 Å². The molecule has 2 N–H and O–H groups in total. The number of azo groups is 1. The van der Waals surface area contributed by atoms with Gasteiger partial charge in [0, 0.05) is 19.8 Å². The monoisotopic (exact) mass is 232 g/mol. The molecule has 2 rings (SSSR count). The summed E-state index contributed by atoms with van der Waals surface area (Å²) in [5.74, 6) is 0.306. The van der Waals surface area contributed by atoms with Gasteiger partial charge >= 0.3 is 0 Å². The largest absolute Gasteiger partial charge is 0.378 e. The van der Waals surface area contributed by atoms with Crippen LogP contribution in [0.5, 0.6) is 0 Å². The Labute approximate surface area is 97.9 Å². The van der Waals surface area contributed by atoms with Crippen molar-refractivity contribution in [1.29, 1.82) is 0 Å². The van der Waals surface area contributed by atoms with Crippen LogP contribution in [0.3, 0.4) is 0 Å². The molecule has 1 aromatic heterocycles. The van der Waals surface area contributed by atoms with Gasteiger partial charge in [0.15, 0.2) is 0 Å². The van der Waals surface area contributed by atoms with Gasteiger partial charge in [0.05, 0.1) is 5.69 Å². The zero-order valence-electron chi connectivity index (χ0n) is 9.53. The van der Waals surface area contributed by atoms with Gasteiger partial charge in [-0.25, -0.2) is 4.63 Å². The fourth-order valence-corrected chi connectivity index (χ4v) is 1.18. The van der Waals surface area contributed by atoms with Gasteiger partial charge in [0.2, 0.25) is 5.82 Å². The molecule has 88 valence electrons. The number of benzene rings is 1. The van der Waals surface area contributed by atoms with Crippen LogP contribution in [0.2, 0.25) is 0 Å². The van der Waals surface area contributed by atoms with Gasteiger partial charge in [0.25, 0.3) is 5.82 Å². The Balaban J connectivity index is 2.14. The Kier molecular flexibility index (Phi) is 2.99. The van der Waals surface area contributed by atoms with E-state index in [-0.39, 0.29) is 11.6 Å². The molecule has 0 spiro atoms. The normalized spacial score (nSPS) is 10.9. The summed E-state index contributed by atoms with van der Waals surface area (Å²) < 4.78 is 4.40. The summed E-state index contributed by atoms with van der Waals surface area (Å²) in [6.07, 6.45) is 0. The van der Waals surface area contributed by atoms with Crippen molar-refractivity contribution < 1.29 is 4.63 Å². The van der Waals surface area contributed by atoms with Gasteiger partial charge in [0.1, 0.15) is 0 Å². The third-order valence-electron chi connectivity index (χ3n) is 2.12. The summed E-state index contributed by atoms with van der Waals surface area (Å²) in [5.41, 5.74) is 7.24. The summed E-state index contributed by atoms with van der Waals surface area (Å²) >= 11 is 0. The van der Waals surface area contributed by atoms with Crippen molar-refractivity contribution in [1.82, 2.24) is 10.3 Å². The molecule has 0 saturated heterocycles. The van der Waals surface area contributed by atoms with Gasteiger partial charge < -0.3 is 10.6 Å². The van der Waals surface area contributed by atoms with Crippen molar-refractivity contribution in [3.63, 3.8) is 0 Å². The minimum absolute atomic E-state index is 0.124. The number of nitrogen functional groups attached to an aromatic ring is 1. The molecule has 0 amide bonds. The maximum absolute atomic E-state index is 5.44. The molecule has 17 heavy (non-hydrogen) atoms. The molecule has 0 saturated carbocycles. The first-order chi connectivity index (χ1) is 8.16. The Morgan fingerprint density at radius 1 is 1.12 bits per heavy atom. The highest BCUT2D eigenvalue weighted by Crippen LogP contribution is 2.22. The van der Waals surface area contributed by atoms with E-state index in [4.69, 9.17) is 5.73 Å². The number of hydrogen-bond acceptors (Lipinski definition) is 7. The Morgan fingerprint density at radius 3 is 2.35 bits per heavy atom. The number of rotatable bonds is 3. The summed E-state index contributed by atoms with van der Waals surface area (Å²) in [4.78, 5) is 2.00. The molecule has 1 aromatic carbocycles. The SMILES string of the molecule is CN(C)c1ccc(N=Nc2nonc2N)cc1. The summed E-state index contributed by atoms with van der Waals surface area (Å²) in [5, 5.41) is 14.7. The number of aromatic nitrogens is 2. The van der Waals surface area contributed by atoms with Crippen molar-refractivity contribution in [3.8, 4) is 0 Å². The molecule has 0 aliphatic heterocycles. The number of nitrogens with zero attached hydrogens (tertiary/aromatic N) is 5. The zero-order valence-corrected chi connectivity index (χ0v) is 9.53. The summed E-state index contributed by atoms with van der Waals surface area (Å²) in [7, 11) is 3.94. The van der Waals surface area contributed by atoms with Crippen molar-refractivity contribution in [2.75, 3.05) is 24.7 Å². The van der Waals surface area contributed by atoms with Crippen LogP contribution in [-0.4, -0.2) is 24.4 Å². The molecular weight excluding hydrogens is 220 g/mol. The van der Waals surface area contributed by atoms with E-state index in [1.807, 2.05) is 43.3 Å². The fourth-order valence-electron chi connectivity index (χ4n) is 1.18. The van der Waals surface area contributed by atoms with E-state index < -0.39 is 0 Å². The second-order valence-electron chi connectivity index (χ2n) is 3.58. The highest BCUT2D eigenvalue weighted by atomic mass is 16.6. The number of nitrogens with two attached hydrogens (primary N) is 1. The van der Waals surface area contributed by atoms with Crippen molar-refractivity contribution in [3.05, 3.63) is 24.3 Å². The van der Waals surface area contributed by atoms with E-state index in [2.05, 4.69) is 25.2 Å². The number of hydrogen-bond donors (Lipinski definition) is 1. The average Bonchev–Trinajstić information content (AvgIpc) is 2.73. The molecular formula is C10H12N6O. The topological polar surface area (TPSA) is 92.9 Å². The lowest BCUT2D eigenvalue weighted by molar-refractivity contribution is 0.310. The summed E-state index contributed by atoms with van der Waals surface area (Å²) in [6.45, 7) is 0. The quantitative estimate of drug-likeness (QED) is 0.818. The minimum atomic E-state index is 0.124.